The van der Waals surface area contributed by atoms with E-state index < -0.39 is 0 Å². The molecule has 0 aromatic heterocycles. The zero-order chi connectivity index (χ0) is 15.3. The molecule has 0 spiro atoms. The van der Waals surface area contributed by atoms with Crippen LogP contribution in [0, 0.1) is 0 Å². The van der Waals surface area contributed by atoms with E-state index in [2.05, 4.69) is 58.2 Å². The molecular formula is C17H28ClNOS. The van der Waals surface area contributed by atoms with E-state index in [1.165, 1.54) is 5.56 Å². The average molecular weight is 330 g/mol. The lowest BCUT2D eigenvalue weighted by atomic mass is 9.85. The molecule has 1 aromatic rings. The van der Waals surface area contributed by atoms with Crippen LogP contribution in [0.15, 0.2) is 18.2 Å². The molecule has 0 N–H and O–H groups in total. The number of hydrogen-bond donors (Lipinski definition) is 1. The van der Waals surface area contributed by atoms with E-state index in [0.29, 0.717) is 0 Å². The van der Waals surface area contributed by atoms with Gasteiger partial charge in [-0.05, 0) is 42.1 Å². The normalized spacial score (nSPS) is 11.4. The van der Waals surface area contributed by atoms with Crippen LogP contribution in [-0.2, 0) is 11.8 Å². The number of likely N-dealkylation sites (N-methyl/N-ethyl adjacent to an activating group) is 1. The summed E-state index contributed by atoms with van der Waals surface area (Å²) in [5.74, 6) is 0. The molecule has 4 heteroatoms. The maximum atomic E-state index is 11.7. The SMILES string of the molecule is CCN(CC)CCc1cc(C(C)(C)C)ccc1C(=O)S.Cl. The summed E-state index contributed by atoms with van der Waals surface area (Å²) in [6.07, 6.45) is 0.896. The lowest BCUT2D eigenvalue weighted by molar-refractivity contribution is 0.109. The highest BCUT2D eigenvalue weighted by Crippen LogP contribution is 2.25. The van der Waals surface area contributed by atoms with Crippen molar-refractivity contribution in [3.8, 4) is 0 Å². The van der Waals surface area contributed by atoms with Crippen LogP contribution in [0.4, 0.5) is 0 Å². The van der Waals surface area contributed by atoms with Gasteiger partial charge in [0.05, 0.1) is 0 Å². The first-order valence-corrected chi connectivity index (χ1v) is 7.83. The molecule has 1 aromatic carbocycles. The van der Waals surface area contributed by atoms with Crippen LogP contribution in [0.3, 0.4) is 0 Å². The number of carbonyl (C=O) groups is 1. The second-order valence-electron chi connectivity index (χ2n) is 6.20. The van der Waals surface area contributed by atoms with E-state index in [1.54, 1.807) is 0 Å². The maximum Gasteiger partial charge on any atom is 0.216 e. The summed E-state index contributed by atoms with van der Waals surface area (Å²) in [7, 11) is 0. The van der Waals surface area contributed by atoms with E-state index in [4.69, 9.17) is 0 Å². The Morgan fingerprint density at radius 3 is 2.19 bits per heavy atom. The molecule has 1 rings (SSSR count). The summed E-state index contributed by atoms with van der Waals surface area (Å²) in [5.41, 5.74) is 3.23. The average Bonchev–Trinajstić information content (AvgIpc) is 2.38. The molecule has 0 aliphatic heterocycles. The fourth-order valence-electron chi connectivity index (χ4n) is 2.29. The third-order valence-corrected chi connectivity index (χ3v) is 4.03. The standard InChI is InChI=1S/C17H27NOS.ClH/c1-6-18(7-2)11-10-13-12-14(17(3,4)5)8-9-15(13)16(19)20;/h8-9,12H,6-7,10-11H2,1-5H3,(H,19,20);1H. The van der Waals surface area contributed by atoms with Crippen LogP contribution in [-0.4, -0.2) is 29.6 Å². The Balaban J connectivity index is 0.00000400. The first-order chi connectivity index (χ1) is 9.29. The summed E-state index contributed by atoms with van der Waals surface area (Å²) >= 11 is 4.00. The van der Waals surface area contributed by atoms with Crippen molar-refractivity contribution in [2.75, 3.05) is 19.6 Å². The highest BCUT2D eigenvalue weighted by atomic mass is 35.5. The molecule has 0 saturated heterocycles. The van der Waals surface area contributed by atoms with Crippen molar-refractivity contribution in [1.82, 2.24) is 4.90 Å². The molecule has 2 nitrogen and oxygen atoms in total. The van der Waals surface area contributed by atoms with Crippen LogP contribution in [0.25, 0.3) is 0 Å². The summed E-state index contributed by atoms with van der Waals surface area (Å²) in [6.45, 7) is 14.0. The molecule has 0 fully saturated rings. The second kappa shape index (κ2) is 8.82. The van der Waals surface area contributed by atoms with Crippen molar-refractivity contribution >= 4 is 30.2 Å². The van der Waals surface area contributed by atoms with Gasteiger partial charge in [-0.1, -0.05) is 46.8 Å². The van der Waals surface area contributed by atoms with Crippen LogP contribution < -0.4 is 0 Å². The smallest absolute Gasteiger partial charge is 0.216 e. The fourth-order valence-corrected chi connectivity index (χ4v) is 2.51. The third kappa shape index (κ3) is 6.01. The fraction of sp³-hybridized carbons (Fsp3) is 0.588. The predicted octanol–water partition coefficient (Wildman–Crippen LogP) is 4.36. The Morgan fingerprint density at radius 2 is 1.76 bits per heavy atom. The van der Waals surface area contributed by atoms with Gasteiger partial charge in [0.15, 0.2) is 0 Å². The van der Waals surface area contributed by atoms with Gasteiger partial charge in [0.1, 0.15) is 0 Å². The van der Waals surface area contributed by atoms with Gasteiger partial charge in [0, 0.05) is 12.1 Å². The van der Waals surface area contributed by atoms with E-state index >= 15 is 0 Å². The number of hydrogen-bond acceptors (Lipinski definition) is 2. The van der Waals surface area contributed by atoms with Crippen molar-refractivity contribution in [3.63, 3.8) is 0 Å². The van der Waals surface area contributed by atoms with Gasteiger partial charge in [-0.15, -0.1) is 25.0 Å². The van der Waals surface area contributed by atoms with E-state index in [9.17, 15) is 4.79 Å². The lowest BCUT2D eigenvalue weighted by Gasteiger charge is -2.22. The van der Waals surface area contributed by atoms with Gasteiger partial charge < -0.3 is 4.90 Å². The largest absolute Gasteiger partial charge is 0.304 e. The van der Waals surface area contributed by atoms with Gasteiger partial charge in [-0.3, -0.25) is 4.79 Å². The minimum absolute atomic E-state index is 0. The van der Waals surface area contributed by atoms with Gasteiger partial charge >= 0.3 is 0 Å². The molecule has 0 atom stereocenters. The van der Waals surface area contributed by atoms with Gasteiger partial charge in [0.2, 0.25) is 5.12 Å². The molecule has 0 saturated carbocycles. The van der Waals surface area contributed by atoms with Crippen molar-refractivity contribution in [2.24, 2.45) is 0 Å². The first kappa shape index (κ1) is 20.5. The summed E-state index contributed by atoms with van der Waals surface area (Å²) < 4.78 is 0. The molecule has 0 aliphatic rings. The Kier molecular flexibility index (Phi) is 8.60. The van der Waals surface area contributed by atoms with Crippen LogP contribution in [0.5, 0.6) is 0 Å². The maximum absolute atomic E-state index is 11.7. The van der Waals surface area contributed by atoms with E-state index in [1.807, 2.05) is 12.1 Å². The number of thiol groups is 1. The Morgan fingerprint density at radius 1 is 1.19 bits per heavy atom. The molecule has 0 amide bonds. The topological polar surface area (TPSA) is 20.3 Å². The molecular weight excluding hydrogens is 302 g/mol. The van der Waals surface area contributed by atoms with Crippen molar-refractivity contribution in [3.05, 3.63) is 34.9 Å². The number of benzene rings is 1. The number of rotatable bonds is 6. The number of halogens is 1. The van der Waals surface area contributed by atoms with Crippen molar-refractivity contribution in [2.45, 2.75) is 46.5 Å². The van der Waals surface area contributed by atoms with Crippen molar-refractivity contribution < 1.29 is 4.79 Å². The van der Waals surface area contributed by atoms with Gasteiger partial charge in [-0.25, -0.2) is 0 Å². The van der Waals surface area contributed by atoms with Gasteiger partial charge in [-0.2, -0.15) is 0 Å². The molecule has 0 aliphatic carbocycles. The monoisotopic (exact) mass is 329 g/mol. The van der Waals surface area contributed by atoms with Crippen molar-refractivity contribution in [1.29, 1.82) is 0 Å². The van der Waals surface area contributed by atoms with E-state index in [-0.39, 0.29) is 22.9 Å². The zero-order valence-corrected chi connectivity index (χ0v) is 15.5. The minimum Gasteiger partial charge on any atom is -0.304 e. The number of carbonyl (C=O) groups excluding carboxylic acids is 1. The summed E-state index contributed by atoms with van der Waals surface area (Å²) in [5, 5.41) is -0.139. The predicted molar refractivity (Wildman–Crippen MR) is 97.2 cm³/mol. The Hall–Kier alpha value is -0.510. The van der Waals surface area contributed by atoms with E-state index in [0.717, 1.165) is 37.2 Å². The molecule has 0 bridgehead atoms. The summed E-state index contributed by atoms with van der Waals surface area (Å²) in [6, 6.07) is 6.14. The Labute approximate surface area is 141 Å². The van der Waals surface area contributed by atoms with Crippen LogP contribution in [0.1, 0.15) is 56.1 Å². The highest BCUT2D eigenvalue weighted by molar-refractivity contribution is 7.97. The van der Waals surface area contributed by atoms with Crippen LogP contribution >= 0.6 is 25.0 Å². The third-order valence-electron chi connectivity index (χ3n) is 3.79. The quantitative estimate of drug-likeness (QED) is 0.782. The molecule has 0 heterocycles. The molecule has 0 radical (unpaired) electrons. The molecule has 0 unspecified atom stereocenters. The zero-order valence-electron chi connectivity index (χ0n) is 13.8. The van der Waals surface area contributed by atoms with Gasteiger partial charge in [0.25, 0.3) is 0 Å². The minimum atomic E-state index is -0.139. The number of nitrogens with zero attached hydrogens (tertiary/aromatic N) is 1. The highest BCUT2D eigenvalue weighted by Gasteiger charge is 2.17. The first-order valence-electron chi connectivity index (χ1n) is 7.38. The van der Waals surface area contributed by atoms with Crippen LogP contribution in [0.2, 0.25) is 0 Å². The summed E-state index contributed by atoms with van der Waals surface area (Å²) in [4.78, 5) is 14.0. The lowest BCUT2D eigenvalue weighted by Crippen LogP contribution is -2.26. The second-order valence-corrected chi connectivity index (χ2v) is 6.61. The molecule has 21 heavy (non-hydrogen) atoms. The Bertz CT molecular complexity index is 464. The molecule has 120 valence electrons.